The second-order valence-corrected chi connectivity index (χ2v) is 7.20. The van der Waals surface area contributed by atoms with E-state index in [1.54, 1.807) is 12.4 Å². The number of nitrogens with one attached hydrogen (secondary N) is 1. The molecule has 4 rings (SSSR count). The van der Waals surface area contributed by atoms with Crippen LogP contribution in [0, 0.1) is 5.92 Å². The third-order valence-electron chi connectivity index (χ3n) is 5.29. The summed E-state index contributed by atoms with van der Waals surface area (Å²) in [6, 6.07) is 3.76. The molecular formula is C20H25N5O2. The molecule has 0 bridgehead atoms. The van der Waals surface area contributed by atoms with Crippen LogP contribution in [0.1, 0.15) is 35.5 Å². The van der Waals surface area contributed by atoms with Gasteiger partial charge in [0.1, 0.15) is 5.82 Å². The quantitative estimate of drug-likeness (QED) is 0.895. The summed E-state index contributed by atoms with van der Waals surface area (Å²) in [5.74, 6) is 1.49. The number of carbonyl (C=O) groups excluding carboxylic acids is 1. The van der Waals surface area contributed by atoms with Crippen molar-refractivity contribution in [2.24, 2.45) is 5.92 Å². The average molecular weight is 367 g/mol. The standard InChI is InChI=1S/C20H25N5O2/c26-20(23-12-16-1-6-21-7-2-16)25-8-3-17-13-22-19(24-18(17)14-25)11-15-4-9-27-10-5-15/h1-2,6-7,13,15H,3-5,8-12,14H2,(H,23,26). The molecule has 142 valence electrons. The summed E-state index contributed by atoms with van der Waals surface area (Å²) in [5, 5.41) is 2.98. The molecule has 1 fully saturated rings. The van der Waals surface area contributed by atoms with Crippen molar-refractivity contribution in [2.45, 2.75) is 38.8 Å². The van der Waals surface area contributed by atoms with E-state index in [2.05, 4.69) is 15.3 Å². The first-order valence-electron chi connectivity index (χ1n) is 9.61. The molecular weight excluding hydrogens is 342 g/mol. The largest absolute Gasteiger partial charge is 0.381 e. The first kappa shape index (κ1) is 17.9. The van der Waals surface area contributed by atoms with Crippen LogP contribution in [0.5, 0.6) is 0 Å². The minimum atomic E-state index is -0.0537. The van der Waals surface area contributed by atoms with Gasteiger partial charge in [-0.05, 0) is 48.4 Å². The minimum Gasteiger partial charge on any atom is -0.381 e. The van der Waals surface area contributed by atoms with E-state index >= 15 is 0 Å². The van der Waals surface area contributed by atoms with Crippen LogP contribution in [0.15, 0.2) is 30.7 Å². The highest BCUT2D eigenvalue weighted by atomic mass is 16.5. The van der Waals surface area contributed by atoms with E-state index in [9.17, 15) is 4.79 Å². The smallest absolute Gasteiger partial charge is 0.318 e. The number of aromatic nitrogens is 3. The van der Waals surface area contributed by atoms with Crippen molar-refractivity contribution in [2.75, 3.05) is 19.8 Å². The fourth-order valence-electron chi connectivity index (χ4n) is 3.61. The molecule has 1 N–H and O–H groups in total. The van der Waals surface area contributed by atoms with Crippen LogP contribution in [-0.2, 0) is 30.7 Å². The summed E-state index contributed by atoms with van der Waals surface area (Å²) in [4.78, 5) is 27.7. The zero-order chi connectivity index (χ0) is 18.5. The molecule has 4 heterocycles. The Morgan fingerprint density at radius 2 is 2.07 bits per heavy atom. The van der Waals surface area contributed by atoms with Crippen LogP contribution in [-0.4, -0.2) is 45.6 Å². The summed E-state index contributed by atoms with van der Waals surface area (Å²) in [5.41, 5.74) is 3.18. The Morgan fingerprint density at radius 3 is 2.89 bits per heavy atom. The van der Waals surface area contributed by atoms with E-state index in [1.165, 1.54) is 0 Å². The topological polar surface area (TPSA) is 80.2 Å². The van der Waals surface area contributed by atoms with Gasteiger partial charge in [0, 0.05) is 51.3 Å². The molecule has 0 unspecified atom stereocenters. The Kier molecular flexibility index (Phi) is 5.58. The molecule has 2 aromatic heterocycles. The van der Waals surface area contributed by atoms with Crippen molar-refractivity contribution in [3.05, 3.63) is 53.4 Å². The summed E-state index contributed by atoms with van der Waals surface area (Å²) < 4.78 is 5.43. The molecule has 0 aromatic carbocycles. The molecule has 7 nitrogen and oxygen atoms in total. The van der Waals surface area contributed by atoms with E-state index < -0.39 is 0 Å². The van der Waals surface area contributed by atoms with Gasteiger partial charge in [0.2, 0.25) is 0 Å². The van der Waals surface area contributed by atoms with Crippen molar-refractivity contribution in [1.29, 1.82) is 0 Å². The van der Waals surface area contributed by atoms with Crippen molar-refractivity contribution in [3.8, 4) is 0 Å². The summed E-state index contributed by atoms with van der Waals surface area (Å²) in [6.07, 6.45) is 9.25. The van der Waals surface area contributed by atoms with Gasteiger partial charge in [0.05, 0.1) is 12.2 Å². The van der Waals surface area contributed by atoms with Gasteiger partial charge in [-0.15, -0.1) is 0 Å². The number of hydrogen-bond acceptors (Lipinski definition) is 5. The van der Waals surface area contributed by atoms with Gasteiger partial charge in [-0.2, -0.15) is 0 Å². The third kappa shape index (κ3) is 4.60. The maximum atomic E-state index is 12.5. The fourth-order valence-corrected chi connectivity index (χ4v) is 3.61. The Labute approximate surface area is 159 Å². The van der Waals surface area contributed by atoms with Crippen LogP contribution in [0.25, 0.3) is 0 Å². The summed E-state index contributed by atoms with van der Waals surface area (Å²) >= 11 is 0. The van der Waals surface area contributed by atoms with Crippen LogP contribution < -0.4 is 5.32 Å². The Bertz CT molecular complexity index is 777. The summed E-state index contributed by atoms with van der Waals surface area (Å²) in [7, 11) is 0. The minimum absolute atomic E-state index is 0.0537. The van der Waals surface area contributed by atoms with Gasteiger partial charge in [-0.25, -0.2) is 14.8 Å². The van der Waals surface area contributed by atoms with E-state index in [-0.39, 0.29) is 6.03 Å². The molecule has 2 amide bonds. The van der Waals surface area contributed by atoms with Crippen molar-refractivity contribution in [1.82, 2.24) is 25.2 Å². The molecule has 0 saturated carbocycles. The van der Waals surface area contributed by atoms with Gasteiger partial charge in [-0.1, -0.05) is 0 Å². The predicted octanol–water partition coefficient (Wildman–Crippen LogP) is 2.11. The highest BCUT2D eigenvalue weighted by molar-refractivity contribution is 5.74. The van der Waals surface area contributed by atoms with E-state index in [4.69, 9.17) is 9.72 Å². The lowest BCUT2D eigenvalue weighted by Gasteiger charge is -2.28. The van der Waals surface area contributed by atoms with E-state index in [0.717, 1.165) is 61.5 Å². The molecule has 2 aromatic rings. The highest BCUT2D eigenvalue weighted by Crippen LogP contribution is 2.21. The number of rotatable bonds is 4. The molecule has 0 spiro atoms. The van der Waals surface area contributed by atoms with Gasteiger partial charge in [0.25, 0.3) is 0 Å². The van der Waals surface area contributed by atoms with Crippen LogP contribution in [0.3, 0.4) is 0 Å². The molecule has 0 radical (unpaired) electrons. The second-order valence-electron chi connectivity index (χ2n) is 7.20. The van der Waals surface area contributed by atoms with Crippen molar-refractivity contribution >= 4 is 6.03 Å². The maximum Gasteiger partial charge on any atom is 0.318 e. The molecule has 0 atom stereocenters. The Balaban J connectivity index is 1.36. The lowest BCUT2D eigenvalue weighted by molar-refractivity contribution is 0.0659. The first-order valence-corrected chi connectivity index (χ1v) is 9.61. The molecule has 1 saturated heterocycles. The Hall–Kier alpha value is -2.54. The average Bonchev–Trinajstić information content (AvgIpc) is 2.73. The van der Waals surface area contributed by atoms with E-state index in [0.29, 0.717) is 25.6 Å². The number of fused-ring (bicyclic) bond motifs is 1. The molecule has 0 aliphatic carbocycles. The molecule has 2 aliphatic rings. The lowest BCUT2D eigenvalue weighted by atomic mass is 9.96. The first-order chi connectivity index (χ1) is 13.3. The number of carbonyl (C=O) groups is 1. The number of urea groups is 1. The predicted molar refractivity (Wildman–Crippen MR) is 99.9 cm³/mol. The highest BCUT2D eigenvalue weighted by Gasteiger charge is 2.23. The zero-order valence-electron chi connectivity index (χ0n) is 15.4. The Morgan fingerprint density at radius 1 is 1.26 bits per heavy atom. The van der Waals surface area contributed by atoms with Crippen molar-refractivity contribution in [3.63, 3.8) is 0 Å². The SMILES string of the molecule is O=C(NCc1ccncc1)N1CCc2cnc(CC3CCOCC3)nc2C1. The van der Waals surface area contributed by atoms with Gasteiger partial charge in [0.15, 0.2) is 0 Å². The number of amides is 2. The fraction of sp³-hybridized carbons (Fsp3) is 0.500. The zero-order valence-corrected chi connectivity index (χ0v) is 15.4. The lowest BCUT2D eigenvalue weighted by Crippen LogP contribution is -2.42. The van der Waals surface area contributed by atoms with Gasteiger partial charge in [-0.3, -0.25) is 4.98 Å². The number of ether oxygens (including phenoxy) is 1. The van der Waals surface area contributed by atoms with Crippen LogP contribution >= 0.6 is 0 Å². The van der Waals surface area contributed by atoms with Crippen LogP contribution in [0.2, 0.25) is 0 Å². The molecule has 2 aliphatic heterocycles. The van der Waals surface area contributed by atoms with Crippen molar-refractivity contribution < 1.29 is 9.53 Å². The normalized spacial score (nSPS) is 17.4. The summed E-state index contributed by atoms with van der Waals surface area (Å²) in [6.45, 7) is 3.41. The molecule has 7 heteroatoms. The van der Waals surface area contributed by atoms with E-state index in [1.807, 2.05) is 23.2 Å². The maximum absolute atomic E-state index is 12.5. The monoisotopic (exact) mass is 367 g/mol. The third-order valence-corrected chi connectivity index (χ3v) is 5.29. The van der Waals surface area contributed by atoms with Gasteiger partial charge < -0.3 is 15.0 Å². The number of pyridine rings is 1. The van der Waals surface area contributed by atoms with Gasteiger partial charge >= 0.3 is 6.03 Å². The number of nitrogens with zero attached hydrogens (tertiary/aromatic N) is 4. The second kappa shape index (κ2) is 8.43. The molecule has 27 heavy (non-hydrogen) atoms. The van der Waals surface area contributed by atoms with Crippen LogP contribution in [0.4, 0.5) is 4.79 Å². The number of hydrogen-bond donors (Lipinski definition) is 1.